The molecular formula is C19H21ClN2O4. The SMILES string of the molecule is COc1cc(N)c(Cl)cc1C(=O)OCC(=O)NC[C@H](C)c1ccccc1. The van der Waals surface area contributed by atoms with Gasteiger partial charge in [-0.3, -0.25) is 4.79 Å². The van der Waals surface area contributed by atoms with Crippen LogP contribution in [-0.4, -0.2) is 32.1 Å². The second kappa shape index (κ2) is 9.10. The van der Waals surface area contributed by atoms with Crippen LogP contribution in [0.25, 0.3) is 0 Å². The molecule has 0 aliphatic rings. The zero-order valence-corrected chi connectivity index (χ0v) is 15.4. The van der Waals surface area contributed by atoms with Crippen molar-refractivity contribution >= 4 is 29.2 Å². The molecule has 6 nitrogen and oxygen atoms in total. The first-order valence-corrected chi connectivity index (χ1v) is 8.42. The van der Waals surface area contributed by atoms with E-state index in [9.17, 15) is 9.59 Å². The van der Waals surface area contributed by atoms with Gasteiger partial charge in [0.15, 0.2) is 6.61 Å². The molecule has 0 spiro atoms. The highest BCUT2D eigenvalue weighted by atomic mass is 35.5. The fourth-order valence-corrected chi connectivity index (χ4v) is 2.49. The summed E-state index contributed by atoms with van der Waals surface area (Å²) < 4.78 is 10.1. The van der Waals surface area contributed by atoms with Gasteiger partial charge in [-0.1, -0.05) is 48.9 Å². The zero-order chi connectivity index (χ0) is 19.1. The summed E-state index contributed by atoms with van der Waals surface area (Å²) in [6.07, 6.45) is 0. The van der Waals surface area contributed by atoms with E-state index in [1.54, 1.807) is 0 Å². The molecule has 1 atom stereocenters. The third kappa shape index (κ3) is 5.13. The molecule has 0 radical (unpaired) electrons. The number of nitrogens with two attached hydrogens (primary N) is 1. The van der Waals surface area contributed by atoms with Crippen molar-refractivity contribution in [1.29, 1.82) is 0 Å². The van der Waals surface area contributed by atoms with E-state index in [4.69, 9.17) is 26.8 Å². The summed E-state index contributed by atoms with van der Waals surface area (Å²) in [7, 11) is 1.40. The minimum absolute atomic E-state index is 0.108. The first-order valence-electron chi connectivity index (χ1n) is 8.04. The number of benzene rings is 2. The number of hydrogen-bond acceptors (Lipinski definition) is 5. The van der Waals surface area contributed by atoms with Crippen molar-refractivity contribution in [2.75, 3.05) is 26.0 Å². The lowest BCUT2D eigenvalue weighted by atomic mass is 10.0. The predicted molar refractivity (Wildman–Crippen MR) is 101 cm³/mol. The van der Waals surface area contributed by atoms with E-state index in [0.29, 0.717) is 6.54 Å². The van der Waals surface area contributed by atoms with E-state index in [1.165, 1.54) is 19.2 Å². The number of nitrogen functional groups attached to an aromatic ring is 1. The Morgan fingerprint density at radius 1 is 1.23 bits per heavy atom. The minimum Gasteiger partial charge on any atom is -0.496 e. The van der Waals surface area contributed by atoms with E-state index >= 15 is 0 Å². The molecule has 26 heavy (non-hydrogen) atoms. The molecule has 2 aromatic carbocycles. The van der Waals surface area contributed by atoms with Gasteiger partial charge in [-0.15, -0.1) is 0 Å². The monoisotopic (exact) mass is 376 g/mol. The third-order valence-corrected chi connectivity index (χ3v) is 4.17. The van der Waals surface area contributed by atoms with Gasteiger partial charge in [0.1, 0.15) is 11.3 Å². The Hall–Kier alpha value is -2.73. The molecule has 2 rings (SSSR count). The number of amides is 1. The van der Waals surface area contributed by atoms with Gasteiger partial charge in [-0.2, -0.15) is 0 Å². The van der Waals surface area contributed by atoms with E-state index in [0.717, 1.165) is 5.56 Å². The molecule has 138 valence electrons. The minimum atomic E-state index is -0.713. The third-order valence-electron chi connectivity index (χ3n) is 3.85. The first kappa shape index (κ1) is 19.6. The highest BCUT2D eigenvalue weighted by Gasteiger charge is 2.18. The van der Waals surface area contributed by atoms with Gasteiger partial charge in [-0.05, 0) is 17.5 Å². The van der Waals surface area contributed by atoms with Crippen molar-refractivity contribution in [1.82, 2.24) is 5.32 Å². The summed E-state index contributed by atoms with van der Waals surface area (Å²) in [6, 6.07) is 12.6. The number of anilines is 1. The van der Waals surface area contributed by atoms with Crippen LogP contribution in [0.5, 0.6) is 5.75 Å². The average molecular weight is 377 g/mol. The summed E-state index contributed by atoms with van der Waals surface area (Å²) in [6.45, 7) is 2.05. The standard InChI is InChI=1S/C19H21ClN2O4/c1-12(13-6-4-3-5-7-13)10-22-18(23)11-26-19(24)14-8-15(20)16(21)9-17(14)25-2/h3-9,12H,10-11,21H2,1-2H3,(H,22,23)/t12-/m0/s1. The van der Waals surface area contributed by atoms with E-state index in [-0.39, 0.29) is 33.8 Å². The van der Waals surface area contributed by atoms with Gasteiger partial charge in [0.05, 0.1) is 17.8 Å². The van der Waals surface area contributed by atoms with Crippen LogP contribution in [0, 0.1) is 0 Å². The highest BCUT2D eigenvalue weighted by molar-refractivity contribution is 6.33. The summed E-state index contributed by atoms with van der Waals surface area (Å²) >= 11 is 5.92. The normalized spacial score (nSPS) is 11.5. The molecule has 2 aromatic rings. The van der Waals surface area contributed by atoms with Crippen LogP contribution < -0.4 is 15.8 Å². The Morgan fingerprint density at radius 2 is 1.92 bits per heavy atom. The van der Waals surface area contributed by atoms with Crippen molar-refractivity contribution < 1.29 is 19.1 Å². The quantitative estimate of drug-likeness (QED) is 0.572. The summed E-state index contributed by atoms with van der Waals surface area (Å²) in [5, 5.41) is 2.95. The van der Waals surface area contributed by atoms with Crippen LogP contribution in [0.15, 0.2) is 42.5 Å². The number of carbonyl (C=O) groups is 2. The van der Waals surface area contributed by atoms with E-state index in [2.05, 4.69) is 5.32 Å². The second-order valence-corrected chi connectivity index (χ2v) is 6.17. The maximum Gasteiger partial charge on any atom is 0.342 e. The Bertz CT molecular complexity index is 781. The second-order valence-electron chi connectivity index (χ2n) is 5.77. The Labute approximate surface area is 157 Å². The molecule has 0 heterocycles. The van der Waals surface area contributed by atoms with Crippen molar-refractivity contribution in [2.45, 2.75) is 12.8 Å². The molecule has 0 aliphatic carbocycles. The topological polar surface area (TPSA) is 90.7 Å². The Kier molecular flexibility index (Phi) is 6.86. The number of hydrogen-bond donors (Lipinski definition) is 2. The van der Waals surface area contributed by atoms with Gasteiger partial charge >= 0.3 is 5.97 Å². The van der Waals surface area contributed by atoms with Crippen LogP contribution in [0.3, 0.4) is 0 Å². The van der Waals surface area contributed by atoms with E-state index < -0.39 is 12.6 Å². The van der Waals surface area contributed by atoms with Crippen LogP contribution in [0.4, 0.5) is 5.69 Å². The number of methoxy groups -OCH3 is 1. The molecule has 0 fully saturated rings. The number of carbonyl (C=O) groups excluding carboxylic acids is 2. The van der Waals surface area contributed by atoms with Crippen molar-refractivity contribution in [2.24, 2.45) is 0 Å². The molecule has 0 bridgehead atoms. The van der Waals surface area contributed by atoms with Gasteiger partial charge in [0.2, 0.25) is 0 Å². The Balaban J connectivity index is 1.87. The summed E-state index contributed by atoms with van der Waals surface area (Å²) in [5.74, 6) is -0.724. The van der Waals surface area contributed by atoms with Crippen LogP contribution >= 0.6 is 11.6 Å². The van der Waals surface area contributed by atoms with Crippen molar-refractivity contribution in [3.05, 3.63) is 58.6 Å². The number of esters is 1. The molecule has 0 aromatic heterocycles. The molecule has 0 saturated heterocycles. The lowest BCUT2D eigenvalue weighted by Gasteiger charge is -2.14. The number of halogens is 1. The summed E-state index contributed by atoms with van der Waals surface area (Å²) in [5.41, 5.74) is 7.19. The number of rotatable bonds is 7. The van der Waals surface area contributed by atoms with Gasteiger partial charge in [-0.25, -0.2) is 4.79 Å². The van der Waals surface area contributed by atoms with Crippen LogP contribution in [-0.2, 0) is 9.53 Å². The molecule has 0 saturated carbocycles. The van der Waals surface area contributed by atoms with Gasteiger partial charge in [0.25, 0.3) is 5.91 Å². The van der Waals surface area contributed by atoms with Crippen LogP contribution in [0.2, 0.25) is 5.02 Å². The zero-order valence-electron chi connectivity index (χ0n) is 14.6. The average Bonchev–Trinajstić information content (AvgIpc) is 2.66. The lowest BCUT2D eigenvalue weighted by Crippen LogP contribution is -2.31. The first-order chi connectivity index (χ1) is 12.4. The predicted octanol–water partition coefficient (Wildman–Crippen LogP) is 3.01. The number of nitrogens with one attached hydrogen (secondary N) is 1. The maximum atomic E-state index is 12.2. The lowest BCUT2D eigenvalue weighted by molar-refractivity contribution is -0.124. The Morgan fingerprint density at radius 3 is 2.58 bits per heavy atom. The largest absolute Gasteiger partial charge is 0.496 e. The van der Waals surface area contributed by atoms with Crippen molar-refractivity contribution in [3.8, 4) is 5.75 Å². The molecule has 7 heteroatoms. The fourth-order valence-electron chi connectivity index (χ4n) is 2.32. The maximum absolute atomic E-state index is 12.2. The van der Waals surface area contributed by atoms with Crippen molar-refractivity contribution in [3.63, 3.8) is 0 Å². The molecule has 0 aliphatic heterocycles. The molecule has 1 amide bonds. The summed E-state index contributed by atoms with van der Waals surface area (Å²) in [4.78, 5) is 24.1. The fraction of sp³-hybridized carbons (Fsp3) is 0.263. The highest BCUT2D eigenvalue weighted by Crippen LogP contribution is 2.29. The molecule has 0 unspecified atom stereocenters. The number of ether oxygens (including phenoxy) is 2. The molecule has 3 N–H and O–H groups in total. The van der Waals surface area contributed by atoms with Gasteiger partial charge < -0.3 is 20.5 Å². The van der Waals surface area contributed by atoms with E-state index in [1.807, 2.05) is 37.3 Å². The molecular weight excluding hydrogens is 356 g/mol. The van der Waals surface area contributed by atoms with Crippen LogP contribution in [0.1, 0.15) is 28.8 Å². The van der Waals surface area contributed by atoms with Gasteiger partial charge in [0, 0.05) is 12.6 Å². The smallest absolute Gasteiger partial charge is 0.342 e.